The molecule has 1 aliphatic rings. The zero-order chi connectivity index (χ0) is 18.5. The lowest BCUT2D eigenvalue weighted by Crippen LogP contribution is -2.30. The van der Waals surface area contributed by atoms with E-state index < -0.39 is 0 Å². The number of nitrogens with one attached hydrogen (secondary N) is 1. The van der Waals surface area contributed by atoms with Gasteiger partial charge in [0.05, 0.1) is 24.3 Å². The van der Waals surface area contributed by atoms with Crippen molar-refractivity contribution in [1.82, 2.24) is 4.90 Å². The first-order chi connectivity index (χ1) is 12.6. The van der Waals surface area contributed by atoms with Crippen molar-refractivity contribution in [3.05, 3.63) is 60.2 Å². The van der Waals surface area contributed by atoms with Crippen molar-refractivity contribution in [2.75, 3.05) is 18.5 Å². The summed E-state index contributed by atoms with van der Waals surface area (Å²) in [6, 6.07) is 17.2. The van der Waals surface area contributed by atoms with Crippen molar-refractivity contribution >= 4 is 17.5 Å². The van der Waals surface area contributed by atoms with Gasteiger partial charge in [-0.15, -0.1) is 0 Å². The number of para-hydroxylation sites is 2. The fourth-order valence-electron chi connectivity index (χ4n) is 3.28. The Morgan fingerprint density at radius 2 is 1.88 bits per heavy atom. The fraction of sp³-hybridized carbons (Fsp3) is 0.333. The molecule has 1 saturated heterocycles. The van der Waals surface area contributed by atoms with Crippen molar-refractivity contribution in [2.45, 2.75) is 26.3 Å². The molecule has 0 aromatic heterocycles. The van der Waals surface area contributed by atoms with E-state index in [0.717, 1.165) is 5.56 Å². The third kappa shape index (κ3) is 3.87. The minimum absolute atomic E-state index is 0.0135. The van der Waals surface area contributed by atoms with Gasteiger partial charge in [-0.25, -0.2) is 0 Å². The molecule has 0 radical (unpaired) electrons. The number of anilines is 1. The number of likely N-dealkylation sites (tertiary alicyclic amines) is 1. The Hall–Kier alpha value is -2.82. The predicted octanol–water partition coefficient (Wildman–Crippen LogP) is 3.63. The number of hydrogen-bond donors (Lipinski definition) is 1. The van der Waals surface area contributed by atoms with Crippen molar-refractivity contribution in [1.29, 1.82) is 0 Å². The molecular weight excluding hydrogens is 328 g/mol. The van der Waals surface area contributed by atoms with Crippen LogP contribution in [0, 0.1) is 5.92 Å². The van der Waals surface area contributed by atoms with Gasteiger partial charge in [-0.05, 0) is 31.5 Å². The Kier molecular flexibility index (Phi) is 5.56. The molecule has 1 aliphatic heterocycles. The van der Waals surface area contributed by atoms with Crippen LogP contribution in [0.3, 0.4) is 0 Å². The first-order valence-corrected chi connectivity index (χ1v) is 8.97. The second-order valence-corrected chi connectivity index (χ2v) is 6.45. The largest absolute Gasteiger partial charge is 0.492 e. The molecular formula is C21H24N2O3. The van der Waals surface area contributed by atoms with E-state index >= 15 is 0 Å². The second kappa shape index (κ2) is 8.04. The lowest BCUT2D eigenvalue weighted by molar-refractivity contribution is -0.129. The number of rotatable bonds is 6. The zero-order valence-corrected chi connectivity index (χ0v) is 15.1. The predicted molar refractivity (Wildman–Crippen MR) is 101 cm³/mol. The maximum absolute atomic E-state index is 12.7. The first-order valence-electron chi connectivity index (χ1n) is 8.97. The van der Waals surface area contributed by atoms with Gasteiger partial charge in [0.1, 0.15) is 5.75 Å². The van der Waals surface area contributed by atoms with Gasteiger partial charge in [-0.3, -0.25) is 9.59 Å². The van der Waals surface area contributed by atoms with E-state index in [1.54, 1.807) is 4.90 Å². The van der Waals surface area contributed by atoms with E-state index in [1.807, 2.05) is 68.4 Å². The van der Waals surface area contributed by atoms with Crippen LogP contribution >= 0.6 is 0 Å². The number of hydrogen-bond acceptors (Lipinski definition) is 3. The summed E-state index contributed by atoms with van der Waals surface area (Å²) in [6.07, 6.45) is 0.236. The van der Waals surface area contributed by atoms with Crippen LogP contribution in [0.5, 0.6) is 5.75 Å². The van der Waals surface area contributed by atoms with Gasteiger partial charge >= 0.3 is 0 Å². The molecule has 1 fully saturated rings. The Labute approximate surface area is 154 Å². The normalized spacial score (nSPS) is 17.8. The molecule has 0 aliphatic carbocycles. The van der Waals surface area contributed by atoms with Crippen molar-refractivity contribution < 1.29 is 14.3 Å². The molecule has 2 amide bonds. The van der Waals surface area contributed by atoms with E-state index in [2.05, 4.69) is 5.32 Å². The summed E-state index contributed by atoms with van der Waals surface area (Å²) < 4.78 is 5.55. The number of nitrogens with zero attached hydrogens (tertiary/aromatic N) is 1. The second-order valence-electron chi connectivity index (χ2n) is 6.45. The van der Waals surface area contributed by atoms with Gasteiger partial charge in [-0.2, -0.15) is 0 Å². The average Bonchev–Trinajstić information content (AvgIpc) is 3.05. The smallest absolute Gasteiger partial charge is 0.229 e. The fourth-order valence-corrected chi connectivity index (χ4v) is 3.28. The Balaban J connectivity index is 1.68. The summed E-state index contributed by atoms with van der Waals surface area (Å²) in [5, 5.41) is 2.91. The number of amides is 2. The Morgan fingerprint density at radius 1 is 1.19 bits per heavy atom. The van der Waals surface area contributed by atoms with E-state index in [4.69, 9.17) is 4.74 Å². The topological polar surface area (TPSA) is 58.6 Å². The lowest BCUT2D eigenvalue weighted by Gasteiger charge is -2.25. The molecule has 0 unspecified atom stereocenters. The molecule has 0 bridgehead atoms. The van der Waals surface area contributed by atoms with Crippen LogP contribution in [0.25, 0.3) is 0 Å². The standard InChI is InChI=1S/C21H24N2O3/c1-3-26-19-12-8-7-11-18(19)22-21(25)17-13-20(24)23(14-17)15(2)16-9-5-4-6-10-16/h4-12,15,17H,3,13-14H2,1-2H3,(H,22,25)/t15-,17+/m1/s1. The summed E-state index contributed by atoms with van der Waals surface area (Å²) in [5.41, 5.74) is 1.71. The van der Waals surface area contributed by atoms with Crippen LogP contribution in [0.4, 0.5) is 5.69 Å². The van der Waals surface area contributed by atoms with Crippen LogP contribution in [0.15, 0.2) is 54.6 Å². The minimum Gasteiger partial charge on any atom is -0.492 e. The summed E-state index contributed by atoms with van der Waals surface area (Å²) in [6.45, 7) is 4.85. The van der Waals surface area contributed by atoms with Crippen LogP contribution < -0.4 is 10.1 Å². The van der Waals surface area contributed by atoms with Gasteiger partial charge in [0.2, 0.25) is 11.8 Å². The molecule has 1 heterocycles. The molecule has 3 rings (SSSR count). The minimum atomic E-state index is -0.358. The highest BCUT2D eigenvalue weighted by Gasteiger charge is 2.37. The molecule has 2 aromatic carbocycles. The van der Waals surface area contributed by atoms with Crippen LogP contribution in [0.2, 0.25) is 0 Å². The van der Waals surface area contributed by atoms with E-state index in [0.29, 0.717) is 24.6 Å². The van der Waals surface area contributed by atoms with Gasteiger partial charge in [0.25, 0.3) is 0 Å². The number of ether oxygens (including phenoxy) is 1. The molecule has 2 atom stereocenters. The van der Waals surface area contributed by atoms with Gasteiger partial charge < -0.3 is 15.0 Å². The Morgan fingerprint density at radius 3 is 2.62 bits per heavy atom. The van der Waals surface area contributed by atoms with Gasteiger partial charge in [0.15, 0.2) is 0 Å². The highest BCUT2D eigenvalue weighted by Crippen LogP contribution is 2.30. The molecule has 5 nitrogen and oxygen atoms in total. The molecule has 26 heavy (non-hydrogen) atoms. The zero-order valence-electron chi connectivity index (χ0n) is 15.1. The molecule has 0 saturated carbocycles. The van der Waals surface area contributed by atoms with Crippen LogP contribution in [-0.2, 0) is 9.59 Å². The SMILES string of the molecule is CCOc1ccccc1NC(=O)[C@H]1CC(=O)N([C@H](C)c2ccccc2)C1. The third-order valence-electron chi connectivity index (χ3n) is 4.72. The summed E-state index contributed by atoms with van der Waals surface area (Å²) in [5.74, 6) is 0.151. The first kappa shape index (κ1) is 18.0. The summed E-state index contributed by atoms with van der Waals surface area (Å²) >= 11 is 0. The summed E-state index contributed by atoms with van der Waals surface area (Å²) in [7, 11) is 0. The van der Waals surface area contributed by atoms with Crippen molar-refractivity contribution in [3.8, 4) is 5.75 Å². The molecule has 2 aromatic rings. The maximum Gasteiger partial charge on any atom is 0.229 e. The van der Waals surface area contributed by atoms with Crippen LogP contribution in [-0.4, -0.2) is 29.9 Å². The van der Waals surface area contributed by atoms with Gasteiger partial charge in [-0.1, -0.05) is 42.5 Å². The number of benzene rings is 2. The molecule has 1 N–H and O–H groups in total. The van der Waals surface area contributed by atoms with Gasteiger partial charge in [0, 0.05) is 13.0 Å². The molecule has 0 spiro atoms. The van der Waals surface area contributed by atoms with E-state index in [-0.39, 0.29) is 30.2 Å². The average molecular weight is 352 g/mol. The summed E-state index contributed by atoms with van der Waals surface area (Å²) in [4.78, 5) is 26.9. The van der Waals surface area contributed by atoms with Crippen LogP contribution in [0.1, 0.15) is 31.9 Å². The number of carbonyl (C=O) groups excluding carboxylic acids is 2. The van der Waals surface area contributed by atoms with Crippen molar-refractivity contribution in [3.63, 3.8) is 0 Å². The maximum atomic E-state index is 12.7. The molecule has 5 heteroatoms. The quantitative estimate of drug-likeness (QED) is 0.864. The molecule has 136 valence electrons. The number of carbonyl (C=O) groups is 2. The van der Waals surface area contributed by atoms with E-state index in [9.17, 15) is 9.59 Å². The lowest BCUT2D eigenvalue weighted by atomic mass is 10.1. The van der Waals surface area contributed by atoms with E-state index in [1.165, 1.54) is 0 Å². The highest BCUT2D eigenvalue weighted by atomic mass is 16.5. The monoisotopic (exact) mass is 352 g/mol. The highest BCUT2D eigenvalue weighted by molar-refractivity contribution is 5.98. The Bertz CT molecular complexity index is 776. The third-order valence-corrected chi connectivity index (χ3v) is 4.72. The van der Waals surface area contributed by atoms with Crippen molar-refractivity contribution in [2.24, 2.45) is 5.92 Å².